The summed E-state index contributed by atoms with van der Waals surface area (Å²) < 4.78 is 31.0. The SMILES string of the molecule is Cl.Cl.Cl.FC(F)(F)P. The minimum absolute atomic E-state index is 0. The van der Waals surface area contributed by atoms with Gasteiger partial charge in [-0.25, -0.2) is 0 Å². The Kier molecular flexibility index (Phi) is 23.2. The highest BCUT2D eigenvalue weighted by Gasteiger charge is 2.15. The zero-order valence-electron chi connectivity index (χ0n) is 3.44. The molecule has 0 aromatic carbocycles. The lowest BCUT2D eigenvalue weighted by Crippen LogP contribution is -1.88. The smallest absolute Gasteiger partial charge is 0.168 e. The summed E-state index contributed by atoms with van der Waals surface area (Å²) in [5.41, 5.74) is 0. The van der Waals surface area contributed by atoms with Gasteiger partial charge in [-0.2, -0.15) is 13.2 Å². The molecule has 0 aromatic rings. The van der Waals surface area contributed by atoms with E-state index < -0.39 is 5.92 Å². The van der Waals surface area contributed by atoms with Crippen molar-refractivity contribution in [2.45, 2.75) is 5.92 Å². The molecule has 0 radical (unpaired) electrons. The van der Waals surface area contributed by atoms with Crippen molar-refractivity contribution >= 4 is 46.5 Å². The second kappa shape index (κ2) is 8.09. The highest BCUT2D eigenvalue weighted by Crippen LogP contribution is 2.21. The fraction of sp³-hybridized carbons (Fsp3) is 1.00. The Labute approximate surface area is 66.0 Å². The lowest BCUT2D eigenvalue weighted by atomic mass is 11.6. The van der Waals surface area contributed by atoms with Gasteiger partial charge in [-0.05, 0) is 9.24 Å². The maximum Gasteiger partial charge on any atom is 0.399 e. The highest BCUT2D eigenvalue weighted by molar-refractivity contribution is 7.17. The third-order valence-electron chi connectivity index (χ3n) is 0. The summed E-state index contributed by atoms with van der Waals surface area (Å²) >= 11 is 0. The van der Waals surface area contributed by atoms with Crippen molar-refractivity contribution in [2.24, 2.45) is 0 Å². The van der Waals surface area contributed by atoms with Crippen LogP contribution < -0.4 is 0 Å². The van der Waals surface area contributed by atoms with E-state index in [1.807, 2.05) is 0 Å². The first kappa shape index (κ1) is 23.0. The number of alkyl halides is 3. The zero-order valence-corrected chi connectivity index (χ0v) is 7.04. The molecular formula is CH5Cl3F3P. The molecule has 0 amide bonds. The summed E-state index contributed by atoms with van der Waals surface area (Å²) in [7, 11) is 0.715. The predicted octanol–water partition coefficient (Wildman–Crippen LogP) is 2.65. The minimum atomic E-state index is -4.08. The standard InChI is InChI=1S/CH2F3P.3ClH/c2-1(3,4)5;;;/h5H2;3*1H. The maximum absolute atomic E-state index is 10.3. The monoisotopic (exact) mass is 210 g/mol. The quantitative estimate of drug-likeness (QED) is 0.540. The molecule has 0 aliphatic rings. The molecule has 1 atom stereocenters. The van der Waals surface area contributed by atoms with Crippen molar-refractivity contribution in [3.63, 3.8) is 0 Å². The van der Waals surface area contributed by atoms with E-state index in [1.54, 1.807) is 0 Å². The van der Waals surface area contributed by atoms with Gasteiger partial charge in [-0.15, -0.1) is 37.2 Å². The van der Waals surface area contributed by atoms with Gasteiger partial charge >= 0.3 is 5.92 Å². The minimum Gasteiger partial charge on any atom is -0.168 e. The van der Waals surface area contributed by atoms with E-state index in [0.717, 1.165) is 0 Å². The van der Waals surface area contributed by atoms with Gasteiger partial charge in [0.2, 0.25) is 0 Å². The van der Waals surface area contributed by atoms with Crippen LogP contribution in [-0.4, -0.2) is 5.92 Å². The van der Waals surface area contributed by atoms with Gasteiger partial charge in [-0.1, -0.05) is 0 Å². The van der Waals surface area contributed by atoms with Gasteiger partial charge in [0, 0.05) is 0 Å². The molecule has 0 heterocycles. The Morgan fingerprint density at radius 3 is 0.875 bits per heavy atom. The van der Waals surface area contributed by atoms with E-state index in [1.165, 1.54) is 0 Å². The van der Waals surface area contributed by atoms with Crippen LogP contribution in [0, 0.1) is 0 Å². The van der Waals surface area contributed by atoms with Crippen molar-refractivity contribution in [1.29, 1.82) is 0 Å². The molecule has 8 heavy (non-hydrogen) atoms. The topological polar surface area (TPSA) is 0 Å². The summed E-state index contributed by atoms with van der Waals surface area (Å²) in [5.74, 6) is -4.08. The highest BCUT2D eigenvalue weighted by atomic mass is 35.5. The normalized spacial score (nSPS) is 7.50. The second-order valence-corrected chi connectivity index (χ2v) is 1.20. The molecule has 0 aromatic heterocycles. The molecule has 0 nitrogen and oxygen atoms in total. The van der Waals surface area contributed by atoms with Crippen LogP contribution >= 0.6 is 46.5 Å². The first-order chi connectivity index (χ1) is 2.00. The van der Waals surface area contributed by atoms with Gasteiger partial charge < -0.3 is 0 Å². The molecule has 0 bridgehead atoms. The fourth-order valence-corrected chi connectivity index (χ4v) is 0. The lowest BCUT2D eigenvalue weighted by molar-refractivity contribution is -0.0341. The second-order valence-electron chi connectivity index (χ2n) is 0.542. The predicted molar refractivity (Wildman–Crippen MR) is 37.5 cm³/mol. The number of rotatable bonds is 0. The Bertz CT molecular complexity index is 30.0. The first-order valence-corrected chi connectivity index (χ1v) is 1.43. The zero-order chi connectivity index (χ0) is 4.50. The van der Waals surface area contributed by atoms with E-state index in [2.05, 4.69) is 0 Å². The van der Waals surface area contributed by atoms with Crippen LogP contribution in [0.3, 0.4) is 0 Å². The Morgan fingerprint density at radius 1 is 0.875 bits per heavy atom. The largest absolute Gasteiger partial charge is 0.399 e. The molecule has 7 heteroatoms. The van der Waals surface area contributed by atoms with E-state index >= 15 is 0 Å². The molecule has 0 spiro atoms. The Morgan fingerprint density at radius 2 is 0.875 bits per heavy atom. The molecular weight excluding hydrogens is 206 g/mol. The van der Waals surface area contributed by atoms with Crippen LogP contribution in [0.2, 0.25) is 0 Å². The van der Waals surface area contributed by atoms with Gasteiger partial charge in [0.25, 0.3) is 0 Å². The number of halogens is 6. The Hall–Kier alpha value is 1.09. The van der Waals surface area contributed by atoms with E-state index in [-0.39, 0.29) is 37.2 Å². The third-order valence-corrected chi connectivity index (χ3v) is 0. The molecule has 0 aliphatic carbocycles. The molecule has 0 aliphatic heterocycles. The van der Waals surface area contributed by atoms with Crippen molar-refractivity contribution in [1.82, 2.24) is 0 Å². The van der Waals surface area contributed by atoms with Gasteiger partial charge in [0.05, 0.1) is 0 Å². The lowest BCUT2D eigenvalue weighted by Gasteiger charge is -1.88. The number of hydrogen-bond acceptors (Lipinski definition) is 0. The molecule has 0 rings (SSSR count). The van der Waals surface area contributed by atoms with Crippen molar-refractivity contribution < 1.29 is 13.2 Å². The van der Waals surface area contributed by atoms with Crippen molar-refractivity contribution in [3.05, 3.63) is 0 Å². The summed E-state index contributed by atoms with van der Waals surface area (Å²) in [6.45, 7) is 0. The first-order valence-electron chi connectivity index (χ1n) is 0.856. The average molecular weight is 211 g/mol. The van der Waals surface area contributed by atoms with Gasteiger partial charge in [0.1, 0.15) is 0 Å². The molecule has 0 fully saturated rings. The summed E-state index contributed by atoms with van der Waals surface area (Å²) in [4.78, 5) is 0. The van der Waals surface area contributed by atoms with Gasteiger partial charge in [0.15, 0.2) is 0 Å². The molecule has 0 saturated carbocycles. The van der Waals surface area contributed by atoms with Crippen molar-refractivity contribution in [3.8, 4) is 0 Å². The van der Waals surface area contributed by atoms with E-state index in [0.29, 0.717) is 9.24 Å². The number of hydrogen-bond donors (Lipinski definition) is 0. The molecule has 56 valence electrons. The van der Waals surface area contributed by atoms with E-state index in [9.17, 15) is 13.2 Å². The van der Waals surface area contributed by atoms with Crippen LogP contribution in [0.25, 0.3) is 0 Å². The van der Waals surface area contributed by atoms with Crippen LogP contribution in [0.4, 0.5) is 13.2 Å². The Balaban J connectivity index is -0.0000000267. The van der Waals surface area contributed by atoms with Crippen LogP contribution in [-0.2, 0) is 0 Å². The average Bonchev–Trinajstić information content (AvgIpc) is 0.722. The summed E-state index contributed by atoms with van der Waals surface area (Å²) in [6, 6.07) is 0. The summed E-state index contributed by atoms with van der Waals surface area (Å²) in [5, 5.41) is 0. The molecule has 1 unspecified atom stereocenters. The molecule has 0 saturated heterocycles. The van der Waals surface area contributed by atoms with Crippen molar-refractivity contribution in [2.75, 3.05) is 0 Å². The maximum atomic E-state index is 10.3. The van der Waals surface area contributed by atoms with Crippen LogP contribution in [0.1, 0.15) is 0 Å². The van der Waals surface area contributed by atoms with E-state index in [4.69, 9.17) is 0 Å². The third kappa shape index (κ3) is 221. The van der Waals surface area contributed by atoms with Gasteiger partial charge in [-0.3, -0.25) is 0 Å². The molecule has 0 N–H and O–H groups in total. The summed E-state index contributed by atoms with van der Waals surface area (Å²) in [6.07, 6.45) is 0. The van der Waals surface area contributed by atoms with Crippen LogP contribution in [0.5, 0.6) is 0 Å². The van der Waals surface area contributed by atoms with Crippen LogP contribution in [0.15, 0.2) is 0 Å². The fourth-order valence-electron chi connectivity index (χ4n) is 0.